The molecule has 2 saturated heterocycles. The summed E-state index contributed by atoms with van der Waals surface area (Å²) < 4.78 is 5.89. The molecule has 3 aromatic rings. The lowest BCUT2D eigenvalue weighted by atomic mass is 9.88. The number of piperidine rings is 1. The molecule has 0 aromatic carbocycles. The van der Waals surface area contributed by atoms with Gasteiger partial charge >= 0.3 is 0 Å². The number of carbonyl (C=O) groups is 1. The summed E-state index contributed by atoms with van der Waals surface area (Å²) in [4.78, 5) is 35.4. The molecule has 6 heterocycles. The van der Waals surface area contributed by atoms with Crippen molar-refractivity contribution in [1.29, 1.82) is 0 Å². The third-order valence-electron chi connectivity index (χ3n) is 9.69. The Labute approximate surface area is 268 Å². The number of hydrazone groups is 1. The fourth-order valence-electron chi connectivity index (χ4n) is 6.95. The van der Waals surface area contributed by atoms with Crippen LogP contribution in [-0.4, -0.2) is 93.1 Å². The highest BCUT2D eigenvalue weighted by Gasteiger charge is 2.46. The van der Waals surface area contributed by atoms with E-state index in [-0.39, 0.29) is 17.7 Å². The molecule has 3 aromatic heterocycles. The number of aromatic nitrogens is 4. The Kier molecular flexibility index (Phi) is 8.57. The molecule has 1 aliphatic carbocycles. The van der Waals surface area contributed by atoms with E-state index in [9.17, 15) is 9.90 Å². The number of nitrogens with one attached hydrogen (secondary N) is 2. The lowest BCUT2D eigenvalue weighted by Crippen LogP contribution is -2.51. The predicted molar refractivity (Wildman–Crippen MR) is 173 cm³/mol. The van der Waals surface area contributed by atoms with Gasteiger partial charge in [0.1, 0.15) is 5.82 Å². The van der Waals surface area contributed by atoms with Crippen LogP contribution in [-0.2, 0) is 9.53 Å². The molecule has 1 amide bonds. The van der Waals surface area contributed by atoms with Gasteiger partial charge in [0, 0.05) is 99.8 Å². The molecule has 3 aliphatic heterocycles. The van der Waals surface area contributed by atoms with E-state index in [0.717, 1.165) is 60.0 Å². The van der Waals surface area contributed by atoms with Crippen molar-refractivity contribution in [3.8, 4) is 11.4 Å². The number of aliphatic hydroxyl groups is 1. The lowest BCUT2D eigenvalue weighted by molar-refractivity contribution is -0.141. The summed E-state index contributed by atoms with van der Waals surface area (Å²) in [6, 6.07) is 9.71. The van der Waals surface area contributed by atoms with Crippen molar-refractivity contribution in [2.75, 3.05) is 44.7 Å². The maximum absolute atomic E-state index is 13.7. The maximum Gasteiger partial charge on any atom is 0.257 e. The summed E-state index contributed by atoms with van der Waals surface area (Å²) in [5, 5.41) is 18.9. The zero-order valence-corrected chi connectivity index (χ0v) is 25.9. The molecule has 0 spiro atoms. The van der Waals surface area contributed by atoms with E-state index in [0.29, 0.717) is 38.3 Å². The molecule has 12 heteroatoms. The molecule has 2 unspecified atom stereocenters. The third-order valence-corrected chi connectivity index (χ3v) is 9.69. The summed E-state index contributed by atoms with van der Waals surface area (Å²) in [7, 11) is 1.60. The number of pyridine rings is 2. The monoisotopic (exact) mass is 621 g/mol. The second-order valence-electron chi connectivity index (χ2n) is 12.4. The van der Waals surface area contributed by atoms with Crippen molar-refractivity contribution in [3.63, 3.8) is 0 Å². The van der Waals surface area contributed by atoms with Gasteiger partial charge in [0.2, 0.25) is 0 Å². The number of allylic oxidation sites excluding steroid dienone is 4. The molecule has 46 heavy (non-hydrogen) atoms. The van der Waals surface area contributed by atoms with E-state index in [1.165, 1.54) is 0 Å². The van der Waals surface area contributed by atoms with E-state index < -0.39 is 11.7 Å². The molecule has 7 rings (SSSR count). The zero-order valence-electron chi connectivity index (χ0n) is 25.9. The van der Waals surface area contributed by atoms with Gasteiger partial charge in [-0.15, -0.1) is 0 Å². The first-order valence-corrected chi connectivity index (χ1v) is 15.9. The van der Waals surface area contributed by atoms with E-state index >= 15 is 0 Å². The number of rotatable bonds is 9. The largest absolute Gasteiger partial charge is 0.392 e. The molecule has 4 aliphatic rings. The highest BCUT2D eigenvalue weighted by molar-refractivity contribution is 6.05. The van der Waals surface area contributed by atoms with Gasteiger partial charge in [-0.3, -0.25) is 20.1 Å². The minimum absolute atomic E-state index is 0.0434. The number of hydrogen-bond acceptors (Lipinski definition) is 11. The number of hydrogen-bond donors (Lipinski definition) is 3. The van der Waals surface area contributed by atoms with Gasteiger partial charge in [0.15, 0.2) is 11.4 Å². The van der Waals surface area contributed by atoms with Crippen LogP contribution in [0.3, 0.4) is 0 Å². The normalized spacial score (nSPS) is 24.0. The first-order valence-electron chi connectivity index (χ1n) is 15.9. The molecule has 12 nitrogen and oxygen atoms in total. The van der Waals surface area contributed by atoms with Crippen LogP contribution < -0.4 is 15.6 Å². The van der Waals surface area contributed by atoms with Crippen LogP contribution in [0.4, 0.5) is 5.82 Å². The first kappa shape index (κ1) is 30.2. The Bertz CT molecular complexity index is 1620. The number of ether oxygens (including phenoxy) is 1. The van der Waals surface area contributed by atoms with Crippen LogP contribution in [0.5, 0.6) is 0 Å². The highest BCUT2D eigenvalue weighted by Crippen LogP contribution is 2.33. The topological polar surface area (TPSA) is 141 Å². The number of amides is 1. The summed E-state index contributed by atoms with van der Waals surface area (Å²) >= 11 is 0. The van der Waals surface area contributed by atoms with Crippen LogP contribution >= 0.6 is 0 Å². The molecular formula is C34H39N9O3. The van der Waals surface area contributed by atoms with E-state index in [4.69, 9.17) is 4.74 Å². The third kappa shape index (κ3) is 6.15. The molecule has 0 radical (unpaired) electrons. The second kappa shape index (κ2) is 13.1. The Morgan fingerprint density at radius 2 is 1.87 bits per heavy atom. The first-order chi connectivity index (χ1) is 22.5. The molecule has 238 valence electrons. The Balaban J connectivity index is 0.902. The quantitative estimate of drug-likeness (QED) is 0.327. The molecule has 2 fully saturated rings. The molecule has 3 N–H and O–H groups in total. The second-order valence-corrected chi connectivity index (χ2v) is 12.4. The van der Waals surface area contributed by atoms with Crippen molar-refractivity contribution in [2.45, 2.75) is 37.4 Å². The maximum atomic E-state index is 13.7. The van der Waals surface area contributed by atoms with Crippen molar-refractivity contribution >= 4 is 17.4 Å². The van der Waals surface area contributed by atoms with Crippen LogP contribution in [0.25, 0.3) is 11.4 Å². The molecule has 0 saturated carbocycles. The Morgan fingerprint density at radius 1 is 1.07 bits per heavy atom. The minimum atomic E-state index is -0.966. The molecule has 3 atom stereocenters. The molecule has 0 bridgehead atoms. The van der Waals surface area contributed by atoms with Crippen molar-refractivity contribution in [2.24, 2.45) is 16.9 Å². The van der Waals surface area contributed by atoms with Gasteiger partial charge in [-0.25, -0.2) is 15.0 Å². The molecular weight excluding hydrogens is 582 g/mol. The summed E-state index contributed by atoms with van der Waals surface area (Å²) in [6.07, 6.45) is 15.2. The summed E-state index contributed by atoms with van der Waals surface area (Å²) in [5.74, 6) is 1.67. The number of carbonyl (C=O) groups excluding carboxylic acids is 1. The van der Waals surface area contributed by atoms with Crippen molar-refractivity contribution < 1.29 is 14.6 Å². The number of aliphatic hydroxyl groups excluding tert-OH is 1. The van der Waals surface area contributed by atoms with Gasteiger partial charge in [-0.2, -0.15) is 5.10 Å². The zero-order chi connectivity index (χ0) is 31.5. The summed E-state index contributed by atoms with van der Waals surface area (Å²) in [6.45, 7) is 3.30. The van der Waals surface area contributed by atoms with E-state index in [1.807, 2.05) is 42.6 Å². The number of anilines is 1. The predicted octanol–water partition coefficient (Wildman–Crippen LogP) is 2.51. The number of likely N-dealkylation sites (tertiary alicyclic amines) is 1. The van der Waals surface area contributed by atoms with Gasteiger partial charge < -0.3 is 20.1 Å². The fraction of sp³-hybridized carbons (Fsp3) is 0.412. The van der Waals surface area contributed by atoms with Crippen LogP contribution in [0.1, 0.15) is 31.2 Å². The Hall–Kier alpha value is -4.52. The number of methoxy groups -OCH3 is 1. The van der Waals surface area contributed by atoms with E-state index in [2.05, 4.69) is 45.6 Å². The minimum Gasteiger partial charge on any atom is -0.392 e. The fourth-order valence-corrected chi connectivity index (χ4v) is 6.95. The Morgan fingerprint density at radius 3 is 2.61 bits per heavy atom. The average Bonchev–Trinajstić information content (AvgIpc) is 3.74. The van der Waals surface area contributed by atoms with Crippen molar-refractivity contribution in [1.82, 2.24) is 35.6 Å². The van der Waals surface area contributed by atoms with Crippen LogP contribution in [0.2, 0.25) is 0 Å². The summed E-state index contributed by atoms with van der Waals surface area (Å²) in [5.41, 5.74) is 6.86. The van der Waals surface area contributed by atoms with Gasteiger partial charge in [0.25, 0.3) is 5.91 Å². The lowest BCUT2D eigenvalue weighted by Gasteiger charge is -2.36. The standard InChI is InChI=1S/C34H39N9O3/c1-46-34(33(45)39-26-4-5-28-27(19-26)31(41-40-28)24-7-14-35-15-8-24)11-18-42(22-34)21-29(44)23-9-16-43(17-10-23)30-6-3-25(20-38-30)32-36-12-2-13-37-32/h2-8,12-15,20,23,27,29,40,44H,9-11,16-19,21-22H2,1H3,(H,39,45)/t27?,29?,34-/m0/s1. The van der Waals surface area contributed by atoms with Crippen LogP contribution in [0, 0.1) is 11.8 Å². The van der Waals surface area contributed by atoms with Crippen LogP contribution in [0.15, 0.2) is 90.0 Å². The van der Waals surface area contributed by atoms with E-state index in [1.54, 1.807) is 38.0 Å². The van der Waals surface area contributed by atoms with Crippen molar-refractivity contribution in [3.05, 3.63) is 90.4 Å². The highest BCUT2D eigenvalue weighted by atomic mass is 16.5. The number of nitrogens with zero attached hydrogens (tertiary/aromatic N) is 7. The van der Waals surface area contributed by atoms with Gasteiger partial charge in [0.05, 0.1) is 17.7 Å². The SMILES string of the molecule is CO[C@@]1(C(=O)NC2=CC=C3NN=C(c4ccncc4)C3C2)CCN(CC(O)C2CCN(c3ccc(-c4ncccn4)cn3)CC2)C1. The van der Waals surface area contributed by atoms with Gasteiger partial charge in [-0.1, -0.05) is 0 Å². The smallest absolute Gasteiger partial charge is 0.257 e. The number of β-amino-alcohol motifs (C(OH)–C–C–N with tert-alkyl or cyclic N) is 1. The van der Waals surface area contributed by atoms with Gasteiger partial charge in [-0.05, 0) is 67.7 Å². The average molecular weight is 622 g/mol. The number of fused-ring (bicyclic) bond motifs is 1.